The molecule has 0 aromatic rings. The van der Waals surface area contributed by atoms with Gasteiger partial charge in [0.25, 0.3) is 0 Å². The van der Waals surface area contributed by atoms with Gasteiger partial charge >= 0.3 is 0 Å². The van der Waals surface area contributed by atoms with Crippen LogP contribution in [0, 0.1) is 6.92 Å². The van der Waals surface area contributed by atoms with E-state index in [9.17, 15) is 4.79 Å². The van der Waals surface area contributed by atoms with Crippen LogP contribution in [0.3, 0.4) is 0 Å². The van der Waals surface area contributed by atoms with Crippen molar-refractivity contribution in [1.82, 2.24) is 10.2 Å². The maximum Gasteiger partial charge on any atom is 0.237 e. The van der Waals surface area contributed by atoms with E-state index in [0.717, 1.165) is 38.9 Å². The maximum absolute atomic E-state index is 11.6. The highest BCUT2D eigenvalue weighted by Gasteiger charge is 2.28. The van der Waals surface area contributed by atoms with E-state index < -0.39 is 0 Å². The zero-order valence-electron chi connectivity index (χ0n) is 8.38. The largest absolute Gasteiger partial charge is 0.355 e. The fourth-order valence-electron chi connectivity index (χ4n) is 1.76. The summed E-state index contributed by atoms with van der Waals surface area (Å²) in [5.41, 5.74) is 0. The Bertz CT molecular complexity index is 170. The number of hydrogen-bond acceptors (Lipinski definition) is 2. The summed E-state index contributed by atoms with van der Waals surface area (Å²) < 4.78 is 0. The summed E-state index contributed by atoms with van der Waals surface area (Å²) in [5.74, 6) is 0.183. The van der Waals surface area contributed by atoms with Crippen LogP contribution in [0.2, 0.25) is 0 Å². The minimum atomic E-state index is 0.0871. The Morgan fingerprint density at radius 1 is 1.69 bits per heavy atom. The number of amides is 1. The van der Waals surface area contributed by atoms with Gasteiger partial charge in [-0.15, -0.1) is 0 Å². The molecule has 1 heterocycles. The van der Waals surface area contributed by atoms with Crippen LogP contribution in [0.25, 0.3) is 0 Å². The fourth-order valence-corrected chi connectivity index (χ4v) is 1.76. The zero-order valence-corrected chi connectivity index (χ0v) is 8.38. The molecule has 3 heteroatoms. The lowest BCUT2D eigenvalue weighted by Crippen LogP contribution is -2.43. The van der Waals surface area contributed by atoms with E-state index in [1.807, 2.05) is 0 Å². The Kier molecular flexibility index (Phi) is 4.22. The first-order valence-corrected chi connectivity index (χ1v) is 5.10. The molecule has 0 aliphatic carbocycles. The van der Waals surface area contributed by atoms with Gasteiger partial charge < -0.3 is 5.32 Å². The number of likely N-dealkylation sites (tertiary alicyclic amines) is 1. The Morgan fingerprint density at radius 3 is 3.08 bits per heavy atom. The number of nitrogens with zero attached hydrogens (tertiary/aromatic N) is 1. The Hall–Kier alpha value is -0.570. The second-order valence-electron chi connectivity index (χ2n) is 3.49. The summed E-state index contributed by atoms with van der Waals surface area (Å²) in [6.45, 7) is 8.44. The monoisotopic (exact) mass is 183 g/mol. The molecule has 0 spiro atoms. The van der Waals surface area contributed by atoms with Crippen LogP contribution in [-0.2, 0) is 4.79 Å². The van der Waals surface area contributed by atoms with E-state index in [4.69, 9.17) is 0 Å². The minimum absolute atomic E-state index is 0.0871. The van der Waals surface area contributed by atoms with E-state index in [-0.39, 0.29) is 11.9 Å². The van der Waals surface area contributed by atoms with Gasteiger partial charge in [-0.25, -0.2) is 0 Å². The van der Waals surface area contributed by atoms with Gasteiger partial charge in [-0.1, -0.05) is 6.92 Å². The van der Waals surface area contributed by atoms with Crippen molar-refractivity contribution in [2.45, 2.75) is 32.2 Å². The molecule has 1 aliphatic rings. The molecule has 0 bridgehead atoms. The molecular formula is C10H19N2O. The summed E-state index contributed by atoms with van der Waals surface area (Å²) >= 11 is 0. The SMILES string of the molecule is [CH2]CN1CCCC1C(=O)NCCC. The van der Waals surface area contributed by atoms with Crippen LogP contribution in [0.5, 0.6) is 0 Å². The number of carbonyl (C=O) groups is 1. The second-order valence-corrected chi connectivity index (χ2v) is 3.49. The van der Waals surface area contributed by atoms with E-state index in [2.05, 4.69) is 24.1 Å². The first-order chi connectivity index (χ1) is 6.29. The molecule has 0 aromatic carbocycles. The topological polar surface area (TPSA) is 32.3 Å². The molecule has 3 nitrogen and oxygen atoms in total. The Labute approximate surface area is 80.5 Å². The van der Waals surface area contributed by atoms with Crippen LogP contribution in [0.1, 0.15) is 26.2 Å². The Balaban J connectivity index is 2.36. The van der Waals surface area contributed by atoms with Crippen molar-refractivity contribution >= 4 is 5.91 Å². The van der Waals surface area contributed by atoms with Crippen molar-refractivity contribution in [3.05, 3.63) is 6.92 Å². The standard InChI is InChI=1S/C10H19N2O/c1-3-7-11-10(13)9-6-5-8-12(9)4-2/h9H,2-8H2,1H3,(H,11,13). The van der Waals surface area contributed by atoms with E-state index in [0.29, 0.717) is 0 Å². The minimum Gasteiger partial charge on any atom is -0.355 e. The molecule has 1 aliphatic heterocycles. The summed E-state index contributed by atoms with van der Waals surface area (Å²) in [7, 11) is 0. The van der Waals surface area contributed by atoms with Crippen molar-refractivity contribution in [2.75, 3.05) is 19.6 Å². The summed E-state index contributed by atoms with van der Waals surface area (Å²) in [6, 6.07) is 0.0871. The van der Waals surface area contributed by atoms with E-state index in [1.165, 1.54) is 0 Å². The fraction of sp³-hybridized carbons (Fsp3) is 0.800. The van der Waals surface area contributed by atoms with Gasteiger partial charge in [-0.05, 0) is 39.3 Å². The highest BCUT2D eigenvalue weighted by atomic mass is 16.2. The molecular weight excluding hydrogens is 164 g/mol. The van der Waals surface area contributed by atoms with Crippen LogP contribution in [0.4, 0.5) is 0 Å². The third-order valence-corrected chi connectivity index (χ3v) is 2.50. The maximum atomic E-state index is 11.6. The third-order valence-electron chi connectivity index (χ3n) is 2.50. The normalized spacial score (nSPS) is 23.4. The summed E-state index contributed by atoms with van der Waals surface area (Å²) in [4.78, 5) is 13.7. The average Bonchev–Trinajstić information content (AvgIpc) is 2.61. The lowest BCUT2D eigenvalue weighted by Gasteiger charge is -2.21. The number of rotatable bonds is 4. The van der Waals surface area contributed by atoms with Crippen LogP contribution in [-0.4, -0.2) is 36.5 Å². The quantitative estimate of drug-likeness (QED) is 0.699. The number of hydrogen-bond donors (Lipinski definition) is 1. The average molecular weight is 183 g/mol. The molecule has 1 fully saturated rings. The number of carbonyl (C=O) groups excluding carboxylic acids is 1. The third kappa shape index (κ3) is 2.69. The first kappa shape index (κ1) is 10.5. The first-order valence-electron chi connectivity index (χ1n) is 5.10. The van der Waals surface area contributed by atoms with Crippen LogP contribution < -0.4 is 5.32 Å². The lowest BCUT2D eigenvalue weighted by molar-refractivity contribution is -0.125. The summed E-state index contributed by atoms with van der Waals surface area (Å²) in [6.07, 6.45) is 3.12. The molecule has 1 amide bonds. The molecule has 1 saturated heterocycles. The second kappa shape index (κ2) is 5.22. The van der Waals surface area contributed by atoms with Gasteiger partial charge in [0, 0.05) is 6.54 Å². The smallest absolute Gasteiger partial charge is 0.237 e. The Morgan fingerprint density at radius 2 is 2.46 bits per heavy atom. The van der Waals surface area contributed by atoms with E-state index >= 15 is 0 Å². The van der Waals surface area contributed by atoms with Gasteiger partial charge in [-0.2, -0.15) is 0 Å². The van der Waals surface area contributed by atoms with Crippen molar-refractivity contribution in [3.63, 3.8) is 0 Å². The summed E-state index contributed by atoms with van der Waals surface area (Å²) in [5, 5.41) is 2.93. The van der Waals surface area contributed by atoms with E-state index in [1.54, 1.807) is 0 Å². The van der Waals surface area contributed by atoms with Crippen molar-refractivity contribution in [3.8, 4) is 0 Å². The van der Waals surface area contributed by atoms with Crippen molar-refractivity contribution < 1.29 is 4.79 Å². The van der Waals surface area contributed by atoms with Crippen molar-refractivity contribution in [2.24, 2.45) is 0 Å². The van der Waals surface area contributed by atoms with Gasteiger partial charge in [-0.3, -0.25) is 9.69 Å². The van der Waals surface area contributed by atoms with Crippen LogP contribution >= 0.6 is 0 Å². The predicted molar refractivity (Wildman–Crippen MR) is 53.3 cm³/mol. The molecule has 0 aromatic heterocycles. The molecule has 1 radical (unpaired) electrons. The predicted octanol–water partition coefficient (Wildman–Crippen LogP) is 0.811. The number of nitrogens with one attached hydrogen (secondary N) is 1. The highest BCUT2D eigenvalue weighted by molar-refractivity contribution is 5.81. The molecule has 1 unspecified atom stereocenters. The van der Waals surface area contributed by atoms with Crippen molar-refractivity contribution in [1.29, 1.82) is 0 Å². The van der Waals surface area contributed by atoms with Gasteiger partial charge in [0.15, 0.2) is 0 Å². The zero-order chi connectivity index (χ0) is 9.68. The highest BCUT2D eigenvalue weighted by Crippen LogP contribution is 2.16. The molecule has 1 rings (SSSR count). The molecule has 13 heavy (non-hydrogen) atoms. The van der Waals surface area contributed by atoms with Gasteiger partial charge in [0.2, 0.25) is 5.91 Å². The molecule has 1 atom stereocenters. The van der Waals surface area contributed by atoms with Gasteiger partial charge in [0.1, 0.15) is 0 Å². The molecule has 1 N–H and O–H groups in total. The van der Waals surface area contributed by atoms with Crippen LogP contribution in [0.15, 0.2) is 0 Å². The molecule has 0 saturated carbocycles. The van der Waals surface area contributed by atoms with Gasteiger partial charge in [0.05, 0.1) is 6.04 Å². The molecule has 75 valence electrons. The lowest BCUT2D eigenvalue weighted by atomic mass is 10.2.